The maximum Gasteiger partial charge on any atom is 0.232 e. The first-order valence-corrected chi connectivity index (χ1v) is 9.49. The van der Waals surface area contributed by atoms with E-state index in [0.29, 0.717) is 5.88 Å². The Balaban J connectivity index is 1.63. The highest BCUT2D eigenvalue weighted by Crippen LogP contribution is 2.26. The molecule has 2 aromatic rings. The van der Waals surface area contributed by atoms with Gasteiger partial charge in [0, 0.05) is 32.7 Å². The van der Waals surface area contributed by atoms with Gasteiger partial charge in [-0.05, 0) is 52.5 Å². The van der Waals surface area contributed by atoms with Crippen LogP contribution < -0.4 is 14.4 Å². The smallest absolute Gasteiger partial charge is 0.232 e. The van der Waals surface area contributed by atoms with Crippen LogP contribution in [0.5, 0.6) is 11.6 Å². The van der Waals surface area contributed by atoms with Gasteiger partial charge in [-0.1, -0.05) is 6.07 Å². The van der Waals surface area contributed by atoms with E-state index in [1.807, 2.05) is 0 Å². The number of ether oxygens (including phenoxy) is 2. The number of methoxy groups -OCH3 is 2. The summed E-state index contributed by atoms with van der Waals surface area (Å²) < 4.78 is 11.5. The number of hydrogen-bond donors (Lipinski definition) is 0. The minimum atomic E-state index is 0.571. The monoisotopic (exact) mass is 420 g/mol. The Morgan fingerprint density at radius 1 is 1.04 bits per heavy atom. The summed E-state index contributed by atoms with van der Waals surface area (Å²) in [6.07, 6.45) is 1.75. The van der Waals surface area contributed by atoms with Crippen LogP contribution in [0, 0.1) is 13.8 Å². The average Bonchev–Trinajstić information content (AvgIpc) is 2.67. The Kier molecular flexibility index (Phi) is 5.98. The number of benzene rings is 1. The van der Waals surface area contributed by atoms with Gasteiger partial charge in [0.15, 0.2) is 0 Å². The molecule has 0 N–H and O–H groups in total. The van der Waals surface area contributed by atoms with Gasteiger partial charge in [0.25, 0.3) is 0 Å². The Bertz CT molecular complexity index is 776. The predicted octanol–water partition coefficient (Wildman–Crippen LogP) is 3.20. The van der Waals surface area contributed by atoms with Gasteiger partial charge in [0.1, 0.15) is 5.75 Å². The quantitative estimate of drug-likeness (QED) is 0.739. The van der Waals surface area contributed by atoms with Gasteiger partial charge in [0.2, 0.25) is 11.8 Å². The third kappa shape index (κ3) is 3.94. The standard InChI is InChI=1S/C19H25BrN4O2/c1-13-14(2)17(25-3)6-5-15(13)12-23-7-9-24(10-8-23)19-21-11-16(20)18(22-19)26-4/h5-6,11H,7-10,12H2,1-4H3. The SMILES string of the molecule is COc1ccc(CN2CCN(c3ncc(Br)c(OC)n3)CC2)c(C)c1C. The van der Waals surface area contributed by atoms with Crippen LogP contribution in [0.3, 0.4) is 0 Å². The fourth-order valence-corrected chi connectivity index (χ4v) is 3.58. The summed E-state index contributed by atoms with van der Waals surface area (Å²) in [6.45, 7) is 9.00. The summed E-state index contributed by atoms with van der Waals surface area (Å²) in [5.74, 6) is 2.25. The maximum atomic E-state index is 5.41. The van der Waals surface area contributed by atoms with Crippen LogP contribution in [0.2, 0.25) is 0 Å². The van der Waals surface area contributed by atoms with Crippen LogP contribution in [0.1, 0.15) is 16.7 Å². The predicted molar refractivity (Wildman–Crippen MR) is 106 cm³/mol. The largest absolute Gasteiger partial charge is 0.496 e. The summed E-state index contributed by atoms with van der Waals surface area (Å²) in [7, 11) is 3.34. The van der Waals surface area contributed by atoms with E-state index in [0.717, 1.165) is 48.9 Å². The lowest BCUT2D eigenvalue weighted by Crippen LogP contribution is -2.46. The van der Waals surface area contributed by atoms with E-state index < -0.39 is 0 Å². The molecule has 1 saturated heterocycles. The molecule has 2 heterocycles. The first kappa shape index (κ1) is 18.9. The average molecular weight is 421 g/mol. The molecule has 0 unspecified atom stereocenters. The van der Waals surface area contributed by atoms with Gasteiger partial charge in [0.05, 0.1) is 24.9 Å². The van der Waals surface area contributed by atoms with Gasteiger partial charge in [-0.2, -0.15) is 4.98 Å². The van der Waals surface area contributed by atoms with Crippen molar-refractivity contribution in [3.63, 3.8) is 0 Å². The number of nitrogens with zero attached hydrogens (tertiary/aromatic N) is 4. The summed E-state index contributed by atoms with van der Waals surface area (Å²) in [5.41, 5.74) is 3.89. The number of anilines is 1. The maximum absolute atomic E-state index is 5.41. The Morgan fingerprint density at radius 2 is 1.77 bits per heavy atom. The molecule has 0 radical (unpaired) electrons. The van der Waals surface area contributed by atoms with E-state index in [4.69, 9.17) is 9.47 Å². The minimum Gasteiger partial charge on any atom is -0.496 e. The molecular formula is C19H25BrN4O2. The second kappa shape index (κ2) is 8.22. The summed E-state index contributed by atoms with van der Waals surface area (Å²) in [6, 6.07) is 4.24. The van der Waals surface area contributed by atoms with Crippen molar-refractivity contribution in [2.24, 2.45) is 0 Å². The molecule has 0 spiro atoms. The van der Waals surface area contributed by atoms with Gasteiger partial charge >= 0.3 is 0 Å². The van der Waals surface area contributed by atoms with Crippen LogP contribution in [0.4, 0.5) is 5.95 Å². The minimum absolute atomic E-state index is 0.571. The molecule has 1 aliphatic rings. The van der Waals surface area contributed by atoms with E-state index in [9.17, 15) is 0 Å². The molecule has 0 saturated carbocycles. The third-order valence-corrected chi connectivity index (χ3v) is 5.56. The van der Waals surface area contributed by atoms with Crippen molar-refractivity contribution in [1.82, 2.24) is 14.9 Å². The van der Waals surface area contributed by atoms with Crippen molar-refractivity contribution < 1.29 is 9.47 Å². The van der Waals surface area contributed by atoms with Gasteiger partial charge in [-0.3, -0.25) is 4.90 Å². The van der Waals surface area contributed by atoms with Crippen LogP contribution in [0.25, 0.3) is 0 Å². The molecule has 0 amide bonds. The molecule has 1 aliphatic heterocycles. The van der Waals surface area contributed by atoms with Crippen molar-refractivity contribution in [3.05, 3.63) is 39.5 Å². The highest BCUT2D eigenvalue weighted by molar-refractivity contribution is 9.10. The Hall–Kier alpha value is -1.86. The molecule has 3 rings (SSSR count). The van der Waals surface area contributed by atoms with E-state index in [2.05, 4.69) is 61.7 Å². The highest BCUT2D eigenvalue weighted by Gasteiger charge is 2.21. The van der Waals surface area contributed by atoms with Crippen molar-refractivity contribution in [2.75, 3.05) is 45.3 Å². The first-order chi connectivity index (χ1) is 12.5. The number of hydrogen-bond acceptors (Lipinski definition) is 6. The number of rotatable bonds is 5. The van der Waals surface area contributed by atoms with Crippen LogP contribution >= 0.6 is 15.9 Å². The third-order valence-electron chi connectivity index (χ3n) is 5.01. The van der Waals surface area contributed by atoms with Gasteiger partial charge < -0.3 is 14.4 Å². The van der Waals surface area contributed by atoms with Crippen molar-refractivity contribution in [3.8, 4) is 11.6 Å². The molecule has 0 bridgehead atoms. The van der Waals surface area contributed by atoms with Crippen LogP contribution in [-0.2, 0) is 6.54 Å². The molecule has 140 valence electrons. The lowest BCUT2D eigenvalue weighted by atomic mass is 10.0. The van der Waals surface area contributed by atoms with Crippen LogP contribution in [0.15, 0.2) is 22.8 Å². The fourth-order valence-electron chi connectivity index (χ4n) is 3.23. The molecule has 26 heavy (non-hydrogen) atoms. The Labute approximate surface area is 163 Å². The summed E-state index contributed by atoms with van der Waals surface area (Å²) in [4.78, 5) is 13.6. The molecule has 1 fully saturated rings. The summed E-state index contributed by atoms with van der Waals surface area (Å²) >= 11 is 3.40. The second-order valence-electron chi connectivity index (χ2n) is 6.47. The van der Waals surface area contributed by atoms with E-state index in [-0.39, 0.29) is 0 Å². The first-order valence-electron chi connectivity index (χ1n) is 8.70. The van der Waals surface area contributed by atoms with Crippen molar-refractivity contribution in [1.29, 1.82) is 0 Å². The zero-order chi connectivity index (χ0) is 18.7. The van der Waals surface area contributed by atoms with Crippen LogP contribution in [-0.4, -0.2) is 55.3 Å². The summed E-state index contributed by atoms with van der Waals surface area (Å²) in [5, 5.41) is 0. The zero-order valence-corrected chi connectivity index (χ0v) is 17.3. The Morgan fingerprint density at radius 3 is 2.42 bits per heavy atom. The number of aromatic nitrogens is 2. The highest BCUT2D eigenvalue weighted by atomic mass is 79.9. The number of piperazine rings is 1. The topological polar surface area (TPSA) is 50.7 Å². The zero-order valence-electron chi connectivity index (χ0n) is 15.8. The normalized spacial score (nSPS) is 15.2. The van der Waals surface area contributed by atoms with Gasteiger partial charge in [-0.15, -0.1) is 0 Å². The second-order valence-corrected chi connectivity index (χ2v) is 7.32. The molecule has 0 atom stereocenters. The molecule has 6 nitrogen and oxygen atoms in total. The lowest BCUT2D eigenvalue weighted by molar-refractivity contribution is 0.248. The molecule has 1 aromatic heterocycles. The fraction of sp³-hybridized carbons (Fsp3) is 0.474. The van der Waals surface area contributed by atoms with Crippen molar-refractivity contribution >= 4 is 21.9 Å². The van der Waals surface area contributed by atoms with E-state index in [1.165, 1.54) is 16.7 Å². The molecule has 7 heteroatoms. The lowest BCUT2D eigenvalue weighted by Gasteiger charge is -2.35. The van der Waals surface area contributed by atoms with E-state index >= 15 is 0 Å². The van der Waals surface area contributed by atoms with Gasteiger partial charge in [-0.25, -0.2) is 4.98 Å². The molecular weight excluding hydrogens is 396 g/mol. The van der Waals surface area contributed by atoms with Crippen molar-refractivity contribution in [2.45, 2.75) is 20.4 Å². The molecule has 0 aliphatic carbocycles. The number of halogens is 1. The van der Waals surface area contributed by atoms with E-state index in [1.54, 1.807) is 20.4 Å². The molecule has 1 aromatic carbocycles.